The van der Waals surface area contributed by atoms with E-state index < -0.39 is 6.10 Å². The normalized spacial score (nSPS) is 12.3. The number of carbonyl (C=O) groups is 1. The molecule has 0 aliphatic carbocycles. The van der Waals surface area contributed by atoms with Gasteiger partial charge in [0.05, 0.1) is 0 Å². The van der Waals surface area contributed by atoms with Crippen molar-refractivity contribution in [2.24, 2.45) is 5.92 Å². The summed E-state index contributed by atoms with van der Waals surface area (Å²) < 4.78 is 18.5. The molecule has 0 aliphatic rings. The second-order valence-corrected chi connectivity index (χ2v) is 4.81. The Bertz CT molecular complexity index is 418. The maximum Gasteiger partial charge on any atom is 0.260 e. The van der Waals surface area contributed by atoms with Gasteiger partial charge in [-0.2, -0.15) is 0 Å². The lowest BCUT2D eigenvalue weighted by Crippen LogP contribution is -2.38. The summed E-state index contributed by atoms with van der Waals surface area (Å²) in [6.07, 6.45) is -0.589. The fourth-order valence-electron chi connectivity index (χ4n) is 1.40. The summed E-state index contributed by atoms with van der Waals surface area (Å²) in [6.45, 7) is 8.00. The van der Waals surface area contributed by atoms with E-state index in [-0.39, 0.29) is 11.7 Å². The SMILES string of the molecule is Cc1cc(OC(C)C(=O)NCC(C)C)ccc1F. The van der Waals surface area contributed by atoms with Crippen molar-refractivity contribution < 1.29 is 13.9 Å². The molecule has 1 N–H and O–H groups in total. The molecular weight excluding hydrogens is 233 g/mol. The van der Waals surface area contributed by atoms with Crippen molar-refractivity contribution in [1.82, 2.24) is 5.32 Å². The Hall–Kier alpha value is -1.58. The van der Waals surface area contributed by atoms with Crippen molar-refractivity contribution >= 4 is 5.91 Å². The van der Waals surface area contributed by atoms with E-state index in [2.05, 4.69) is 5.32 Å². The van der Waals surface area contributed by atoms with Gasteiger partial charge in [-0.3, -0.25) is 4.79 Å². The number of nitrogens with one attached hydrogen (secondary N) is 1. The number of hydrogen-bond acceptors (Lipinski definition) is 2. The monoisotopic (exact) mass is 253 g/mol. The third-order valence-electron chi connectivity index (χ3n) is 2.50. The van der Waals surface area contributed by atoms with E-state index in [1.165, 1.54) is 12.1 Å². The first-order chi connectivity index (χ1) is 8.40. The lowest BCUT2D eigenvalue weighted by atomic mass is 10.2. The molecule has 0 saturated heterocycles. The highest BCUT2D eigenvalue weighted by atomic mass is 19.1. The van der Waals surface area contributed by atoms with Crippen molar-refractivity contribution in [1.29, 1.82) is 0 Å². The zero-order chi connectivity index (χ0) is 13.7. The summed E-state index contributed by atoms with van der Waals surface area (Å²) >= 11 is 0. The summed E-state index contributed by atoms with van der Waals surface area (Å²) in [6, 6.07) is 4.44. The molecule has 0 saturated carbocycles. The molecule has 0 radical (unpaired) electrons. The van der Waals surface area contributed by atoms with E-state index in [1.54, 1.807) is 19.9 Å². The third-order valence-corrected chi connectivity index (χ3v) is 2.50. The van der Waals surface area contributed by atoms with Gasteiger partial charge in [0.1, 0.15) is 11.6 Å². The highest BCUT2D eigenvalue weighted by Crippen LogP contribution is 2.17. The predicted octanol–water partition coefficient (Wildman–Crippen LogP) is 2.67. The van der Waals surface area contributed by atoms with Gasteiger partial charge in [0.25, 0.3) is 5.91 Å². The Labute approximate surface area is 107 Å². The molecule has 1 aromatic rings. The maximum absolute atomic E-state index is 13.1. The molecule has 1 unspecified atom stereocenters. The lowest BCUT2D eigenvalue weighted by Gasteiger charge is -2.16. The van der Waals surface area contributed by atoms with Gasteiger partial charge >= 0.3 is 0 Å². The van der Waals surface area contributed by atoms with Crippen LogP contribution in [0.15, 0.2) is 18.2 Å². The van der Waals surface area contributed by atoms with Gasteiger partial charge in [0, 0.05) is 6.54 Å². The first-order valence-corrected chi connectivity index (χ1v) is 6.10. The zero-order valence-corrected chi connectivity index (χ0v) is 11.3. The number of ether oxygens (including phenoxy) is 1. The van der Waals surface area contributed by atoms with E-state index in [4.69, 9.17) is 4.74 Å². The van der Waals surface area contributed by atoms with Gasteiger partial charge in [0.2, 0.25) is 0 Å². The summed E-state index contributed by atoms with van der Waals surface area (Å²) in [5.74, 6) is 0.459. The van der Waals surface area contributed by atoms with Crippen LogP contribution in [0.3, 0.4) is 0 Å². The summed E-state index contributed by atoms with van der Waals surface area (Å²) in [5, 5.41) is 2.79. The van der Waals surface area contributed by atoms with Gasteiger partial charge in [-0.1, -0.05) is 13.8 Å². The third kappa shape index (κ3) is 4.35. The molecule has 0 spiro atoms. The number of hydrogen-bond donors (Lipinski definition) is 1. The Balaban J connectivity index is 2.55. The largest absolute Gasteiger partial charge is 0.481 e. The molecule has 1 atom stereocenters. The first-order valence-electron chi connectivity index (χ1n) is 6.10. The molecule has 1 amide bonds. The molecule has 0 fully saturated rings. The standard InChI is InChI=1S/C14H20FNO2/c1-9(2)8-16-14(17)11(4)18-12-5-6-13(15)10(3)7-12/h5-7,9,11H,8H2,1-4H3,(H,16,17). The summed E-state index contributed by atoms with van der Waals surface area (Å²) in [4.78, 5) is 11.7. The van der Waals surface area contributed by atoms with Crippen LogP contribution in [0.25, 0.3) is 0 Å². The van der Waals surface area contributed by atoms with Crippen molar-refractivity contribution in [3.8, 4) is 5.75 Å². The van der Waals surface area contributed by atoms with Crippen LogP contribution in [0.5, 0.6) is 5.75 Å². The molecule has 0 bridgehead atoms. The fraction of sp³-hybridized carbons (Fsp3) is 0.500. The minimum Gasteiger partial charge on any atom is -0.481 e. The second-order valence-electron chi connectivity index (χ2n) is 4.81. The van der Waals surface area contributed by atoms with Crippen LogP contribution >= 0.6 is 0 Å². The number of amides is 1. The molecular formula is C14H20FNO2. The van der Waals surface area contributed by atoms with Crippen molar-refractivity contribution in [2.45, 2.75) is 33.8 Å². The summed E-state index contributed by atoms with van der Waals surface area (Å²) in [5.41, 5.74) is 0.502. The average Bonchev–Trinajstić information content (AvgIpc) is 2.30. The van der Waals surface area contributed by atoms with Crippen LogP contribution in [0.4, 0.5) is 4.39 Å². The molecule has 0 aromatic heterocycles. The van der Waals surface area contributed by atoms with E-state index in [0.29, 0.717) is 23.8 Å². The smallest absolute Gasteiger partial charge is 0.260 e. The second kappa shape index (κ2) is 6.38. The molecule has 3 nitrogen and oxygen atoms in total. The topological polar surface area (TPSA) is 38.3 Å². The number of halogens is 1. The Morgan fingerprint density at radius 1 is 1.39 bits per heavy atom. The highest BCUT2D eigenvalue weighted by molar-refractivity contribution is 5.80. The Morgan fingerprint density at radius 2 is 2.06 bits per heavy atom. The number of aryl methyl sites for hydroxylation is 1. The maximum atomic E-state index is 13.1. The Kier molecular flexibility index (Phi) is 5.13. The number of benzene rings is 1. The van der Waals surface area contributed by atoms with Crippen LogP contribution in [-0.2, 0) is 4.79 Å². The van der Waals surface area contributed by atoms with Crippen molar-refractivity contribution in [2.75, 3.05) is 6.54 Å². The molecule has 18 heavy (non-hydrogen) atoms. The van der Waals surface area contributed by atoms with E-state index >= 15 is 0 Å². The zero-order valence-electron chi connectivity index (χ0n) is 11.3. The molecule has 4 heteroatoms. The molecule has 1 rings (SSSR count). The molecule has 0 heterocycles. The molecule has 1 aromatic carbocycles. The van der Waals surface area contributed by atoms with E-state index in [1.807, 2.05) is 13.8 Å². The van der Waals surface area contributed by atoms with Crippen LogP contribution in [0.1, 0.15) is 26.3 Å². The van der Waals surface area contributed by atoms with E-state index in [0.717, 1.165) is 0 Å². The van der Waals surface area contributed by atoms with Gasteiger partial charge in [-0.05, 0) is 43.5 Å². The minimum atomic E-state index is -0.589. The lowest BCUT2D eigenvalue weighted by molar-refractivity contribution is -0.127. The van der Waals surface area contributed by atoms with Crippen molar-refractivity contribution in [3.63, 3.8) is 0 Å². The minimum absolute atomic E-state index is 0.161. The van der Waals surface area contributed by atoms with Crippen LogP contribution in [0.2, 0.25) is 0 Å². The quantitative estimate of drug-likeness (QED) is 0.876. The first kappa shape index (κ1) is 14.5. The molecule has 100 valence electrons. The van der Waals surface area contributed by atoms with Gasteiger partial charge in [0.15, 0.2) is 6.10 Å². The highest BCUT2D eigenvalue weighted by Gasteiger charge is 2.14. The molecule has 0 aliphatic heterocycles. The number of carbonyl (C=O) groups excluding carboxylic acids is 1. The fourth-order valence-corrected chi connectivity index (χ4v) is 1.40. The van der Waals surface area contributed by atoms with E-state index in [9.17, 15) is 9.18 Å². The van der Waals surface area contributed by atoms with Gasteiger partial charge < -0.3 is 10.1 Å². The van der Waals surface area contributed by atoms with Crippen LogP contribution in [-0.4, -0.2) is 18.6 Å². The average molecular weight is 253 g/mol. The van der Waals surface area contributed by atoms with Gasteiger partial charge in [-0.25, -0.2) is 4.39 Å². The number of rotatable bonds is 5. The predicted molar refractivity (Wildman–Crippen MR) is 69.1 cm³/mol. The van der Waals surface area contributed by atoms with Crippen LogP contribution < -0.4 is 10.1 Å². The van der Waals surface area contributed by atoms with Crippen molar-refractivity contribution in [3.05, 3.63) is 29.6 Å². The summed E-state index contributed by atoms with van der Waals surface area (Å²) in [7, 11) is 0. The van der Waals surface area contributed by atoms with Gasteiger partial charge in [-0.15, -0.1) is 0 Å². The van der Waals surface area contributed by atoms with Crippen LogP contribution in [0, 0.1) is 18.7 Å². The Morgan fingerprint density at radius 3 is 2.61 bits per heavy atom.